The maximum atomic E-state index is 13.8. The minimum Gasteiger partial charge on any atom is -0.460 e. The molecule has 1 aromatic carbocycles. The number of carbonyl (C=O) groups is 1. The lowest BCUT2D eigenvalue weighted by Gasteiger charge is -2.39. The Kier molecular flexibility index (Phi) is 9.43. The molecule has 1 aliphatic rings. The van der Waals surface area contributed by atoms with Crippen LogP contribution in [0.1, 0.15) is 78.5 Å². The molecule has 1 fully saturated rings. The zero-order valence-electron chi connectivity index (χ0n) is 24.8. The minimum atomic E-state index is -3.13. The molecular formula is C29H41FN4O5S. The van der Waals surface area contributed by atoms with Gasteiger partial charge in [0.25, 0.3) is 0 Å². The molecule has 1 aliphatic heterocycles. The van der Waals surface area contributed by atoms with Crippen LogP contribution in [-0.2, 0) is 28.9 Å². The van der Waals surface area contributed by atoms with Crippen molar-refractivity contribution in [3.05, 3.63) is 47.4 Å². The van der Waals surface area contributed by atoms with Crippen molar-refractivity contribution in [3.8, 4) is 11.3 Å². The van der Waals surface area contributed by atoms with Crippen LogP contribution in [-0.4, -0.2) is 57.0 Å². The van der Waals surface area contributed by atoms with Gasteiger partial charge in [-0.25, -0.2) is 23.3 Å². The van der Waals surface area contributed by atoms with Gasteiger partial charge in [0.15, 0.2) is 5.79 Å². The van der Waals surface area contributed by atoms with Crippen molar-refractivity contribution in [2.45, 2.75) is 90.8 Å². The van der Waals surface area contributed by atoms with Crippen molar-refractivity contribution >= 4 is 27.9 Å². The Morgan fingerprint density at radius 2 is 1.88 bits per heavy atom. The van der Waals surface area contributed by atoms with E-state index in [1.54, 1.807) is 26.0 Å². The molecule has 9 nitrogen and oxygen atoms in total. The molecule has 1 unspecified atom stereocenters. The number of hydrogen-bond acceptors (Lipinski definition) is 8. The van der Waals surface area contributed by atoms with Gasteiger partial charge in [0.1, 0.15) is 21.3 Å². The lowest BCUT2D eigenvalue weighted by Crippen LogP contribution is -2.45. The summed E-state index contributed by atoms with van der Waals surface area (Å²) in [6, 6.07) is 5.94. The van der Waals surface area contributed by atoms with Crippen molar-refractivity contribution < 1.29 is 27.6 Å². The third-order valence-corrected chi connectivity index (χ3v) is 7.31. The van der Waals surface area contributed by atoms with Crippen LogP contribution in [0.15, 0.2) is 30.3 Å². The Bertz CT molecular complexity index is 1350. The first kappa shape index (κ1) is 31.6. The predicted molar refractivity (Wildman–Crippen MR) is 155 cm³/mol. The van der Waals surface area contributed by atoms with E-state index in [0.29, 0.717) is 28.9 Å². The fraction of sp³-hybridized carbons (Fsp3) is 0.552. The zero-order chi connectivity index (χ0) is 30.0. The summed E-state index contributed by atoms with van der Waals surface area (Å²) in [7, 11) is -1.61. The summed E-state index contributed by atoms with van der Waals surface area (Å²) < 4.78 is 53.2. The SMILES string of the molecule is CC(C)c1nc(N(C)S(C)(=N)=O)nc(-c2ccc(F)cc2)c1/C=C/[C@@H]1C[C@H](CC(=O)OC(C)(C)C)OC(C)(C)O1. The third-order valence-electron chi connectivity index (χ3n) is 6.10. The topological polar surface area (TPSA) is 115 Å². The largest absolute Gasteiger partial charge is 0.460 e. The third kappa shape index (κ3) is 8.55. The van der Waals surface area contributed by atoms with Crippen LogP contribution in [0.4, 0.5) is 10.3 Å². The molecule has 1 N–H and O–H groups in total. The van der Waals surface area contributed by atoms with Gasteiger partial charge in [-0.2, -0.15) is 0 Å². The number of hydrogen-bond donors (Lipinski definition) is 1. The zero-order valence-corrected chi connectivity index (χ0v) is 25.6. The van der Waals surface area contributed by atoms with Gasteiger partial charge in [-0.1, -0.05) is 26.0 Å². The van der Waals surface area contributed by atoms with Crippen LogP contribution < -0.4 is 4.31 Å². The highest BCUT2D eigenvalue weighted by atomic mass is 32.2. The molecule has 0 spiro atoms. The van der Waals surface area contributed by atoms with Crippen LogP contribution in [0.2, 0.25) is 0 Å². The highest BCUT2D eigenvalue weighted by Crippen LogP contribution is 2.34. The van der Waals surface area contributed by atoms with Gasteiger partial charge in [-0.3, -0.25) is 9.10 Å². The fourth-order valence-corrected chi connectivity index (χ4v) is 4.76. The molecule has 0 amide bonds. The number of ether oxygens (including phenoxy) is 3. The quantitative estimate of drug-likeness (QED) is 0.378. The summed E-state index contributed by atoms with van der Waals surface area (Å²) in [5.41, 5.74) is 1.93. The number of esters is 1. The van der Waals surface area contributed by atoms with Gasteiger partial charge in [0.2, 0.25) is 5.95 Å². The monoisotopic (exact) mass is 576 g/mol. The van der Waals surface area contributed by atoms with Gasteiger partial charge in [-0.05, 0) is 64.8 Å². The number of rotatable bonds is 8. The normalized spacial score (nSPS) is 20.9. The molecule has 1 saturated heterocycles. The van der Waals surface area contributed by atoms with E-state index in [1.807, 2.05) is 46.8 Å². The molecule has 0 radical (unpaired) electrons. The molecule has 0 saturated carbocycles. The minimum absolute atomic E-state index is 0.0559. The Morgan fingerprint density at radius 3 is 2.42 bits per heavy atom. The first-order valence-electron chi connectivity index (χ1n) is 13.3. The molecule has 3 rings (SSSR count). The van der Waals surface area contributed by atoms with E-state index in [4.69, 9.17) is 19.0 Å². The summed E-state index contributed by atoms with van der Waals surface area (Å²) in [5, 5.41) is 0. The van der Waals surface area contributed by atoms with Crippen molar-refractivity contribution in [1.82, 2.24) is 9.97 Å². The molecule has 1 aromatic heterocycles. The number of nitrogens with zero attached hydrogens (tertiary/aromatic N) is 3. The van der Waals surface area contributed by atoms with Crippen molar-refractivity contribution in [2.75, 3.05) is 17.6 Å². The number of benzene rings is 1. The average molecular weight is 577 g/mol. The van der Waals surface area contributed by atoms with Gasteiger partial charge in [0.05, 0.1) is 30.0 Å². The summed E-state index contributed by atoms with van der Waals surface area (Å²) in [5.74, 6) is -1.57. The van der Waals surface area contributed by atoms with E-state index >= 15 is 0 Å². The van der Waals surface area contributed by atoms with Crippen LogP contribution in [0, 0.1) is 10.6 Å². The number of anilines is 1. The van der Waals surface area contributed by atoms with Gasteiger partial charge >= 0.3 is 5.97 Å². The molecule has 0 aliphatic carbocycles. The molecule has 3 atom stereocenters. The maximum absolute atomic E-state index is 13.8. The summed E-state index contributed by atoms with van der Waals surface area (Å²) in [6.45, 7) is 13.0. The number of halogens is 1. The fourth-order valence-electron chi connectivity index (χ4n) is 4.37. The Balaban J connectivity index is 2.04. The summed E-state index contributed by atoms with van der Waals surface area (Å²) in [4.78, 5) is 21.8. The molecule has 220 valence electrons. The van der Waals surface area contributed by atoms with Crippen LogP contribution in [0.3, 0.4) is 0 Å². The molecule has 2 aromatic rings. The molecule has 40 heavy (non-hydrogen) atoms. The van der Waals surface area contributed by atoms with Crippen LogP contribution in [0.5, 0.6) is 0 Å². The lowest BCUT2D eigenvalue weighted by molar-refractivity contribution is -0.290. The summed E-state index contributed by atoms with van der Waals surface area (Å²) in [6.07, 6.45) is 4.80. The van der Waals surface area contributed by atoms with E-state index < -0.39 is 27.4 Å². The van der Waals surface area contributed by atoms with E-state index in [-0.39, 0.29) is 36.2 Å². The molecular weight excluding hydrogens is 535 g/mol. The first-order chi connectivity index (χ1) is 18.3. The van der Waals surface area contributed by atoms with Gasteiger partial charge in [0, 0.05) is 30.9 Å². The number of nitrogens with one attached hydrogen (secondary N) is 1. The first-order valence-corrected chi connectivity index (χ1v) is 15.2. The highest BCUT2D eigenvalue weighted by molar-refractivity contribution is 7.93. The average Bonchev–Trinajstić information content (AvgIpc) is 2.79. The van der Waals surface area contributed by atoms with Crippen molar-refractivity contribution in [1.29, 1.82) is 4.78 Å². The second kappa shape index (κ2) is 11.9. The number of carbonyl (C=O) groups excluding carboxylic acids is 1. The van der Waals surface area contributed by atoms with Crippen molar-refractivity contribution in [3.63, 3.8) is 0 Å². The van der Waals surface area contributed by atoms with Crippen LogP contribution in [0.25, 0.3) is 17.3 Å². The lowest BCUT2D eigenvalue weighted by atomic mass is 9.97. The van der Waals surface area contributed by atoms with Crippen molar-refractivity contribution in [2.24, 2.45) is 0 Å². The van der Waals surface area contributed by atoms with Crippen LogP contribution >= 0.6 is 0 Å². The summed E-state index contributed by atoms with van der Waals surface area (Å²) >= 11 is 0. The smallest absolute Gasteiger partial charge is 0.308 e. The molecule has 11 heteroatoms. The predicted octanol–water partition coefficient (Wildman–Crippen LogP) is 6.09. The molecule has 0 bridgehead atoms. The number of aromatic nitrogens is 2. The van der Waals surface area contributed by atoms with E-state index in [1.165, 1.54) is 29.7 Å². The van der Waals surface area contributed by atoms with Gasteiger partial charge in [-0.15, -0.1) is 0 Å². The molecule has 2 heterocycles. The Labute approximate surface area is 237 Å². The Hall–Kier alpha value is -2.89. The standard InChI is InChI=1S/C29H41FN4O5S/c1-18(2)25-23(15-14-21-16-22(38-29(6,7)37-21)17-24(35)39-28(3,4)5)26(19-10-12-20(30)13-11-19)33-27(32-25)34(8)40(9,31)36/h10-15,18,21-22,31H,16-17H2,1-9H3/b15-14+/t21-,22-,40?/m1/s1. The van der Waals surface area contributed by atoms with E-state index in [0.717, 1.165) is 0 Å². The Morgan fingerprint density at radius 1 is 1.25 bits per heavy atom. The second-order valence-electron chi connectivity index (χ2n) is 11.8. The van der Waals surface area contributed by atoms with E-state index in [9.17, 15) is 13.4 Å². The second-order valence-corrected chi connectivity index (χ2v) is 14.0. The maximum Gasteiger partial charge on any atom is 0.308 e. The van der Waals surface area contributed by atoms with Gasteiger partial charge < -0.3 is 14.2 Å². The highest BCUT2D eigenvalue weighted by Gasteiger charge is 2.36. The van der Waals surface area contributed by atoms with E-state index in [2.05, 4.69) is 9.97 Å².